The number of carbonyl (C=O) groups is 2. The number of aryl methyl sites for hydroxylation is 1. The van der Waals surface area contributed by atoms with E-state index in [1.54, 1.807) is 23.1 Å². The summed E-state index contributed by atoms with van der Waals surface area (Å²) >= 11 is 6.06. The number of hydrogen-bond donors (Lipinski definition) is 1. The van der Waals surface area contributed by atoms with Gasteiger partial charge >= 0.3 is 0 Å². The van der Waals surface area contributed by atoms with Crippen molar-refractivity contribution in [3.8, 4) is 5.75 Å². The van der Waals surface area contributed by atoms with E-state index >= 15 is 0 Å². The average molecular weight is 431 g/mol. The van der Waals surface area contributed by atoms with Crippen molar-refractivity contribution in [2.75, 3.05) is 6.61 Å². The van der Waals surface area contributed by atoms with Crippen LogP contribution < -0.4 is 10.1 Å². The molecule has 5 nitrogen and oxygen atoms in total. The Morgan fingerprint density at radius 1 is 1.10 bits per heavy atom. The predicted octanol–water partition coefficient (Wildman–Crippen LogP) is 4.75. The summed E-state index contributed by atoms with van der Waals surface area (Å²) < 4.78 is 5.72. The van der Waals surface area contributed by atoms with Crippen molar-refractivity contribution < 1.29 is 14.3 Å². The Morgan fingerprint density at radius 3 is 2.40 bits per heavy atom. The lowest BCUT2D eigenvalue weighted by molar-refractivity contribution is -0.143. The van der Waals surface area contributed by atoms with Crippen LogP contribution in [0, 0.1) is 6.92 Å². The Hall–Kier alpha value is -2.53. The van der Waals surface area contributed by atoms with Gasteiger partial charge in [0.05, 0.1) is 0 Å². The van der Waals surface area contributed by atoms with Crippen molar-refractivity contribution in [1.82, 2.24) is 10.2 Å². The molecule has 2 aromatic rings. The fourth-order valence-electron chi connectivity index (χ4n) is 3.08. The van der Waals surface area contributed by atoms with E-state index in [4.69, 9.17) is 16.3 Å². The molecule has 0 radical (unpaired) electrons. The maximum atomic E-state index is 13.1. The topological polar surface area (TPSA) is 58.6 Å². The summed E-state index contributed by atoms with van der Waals surface area (Å²) in [5.41, 5.74) is 1.84. The Morgan fingerprint density at radius 2 is 1.80 bits per heavy atom. The molecule has 0 aliphatic rings. The number of benzene rings is 2. The summed E-state index contributed by atoms with van der Waals surface area (Å²) in [5.74, 6) is 0.193. The number of amides is 2. The van der Waals surface area contributed by atoms with E-state index in [0.717, 1.165) is 17.5 Å². The van der Waals surface area contributed by atoms with Crippen LogP contribution in [-0.2, 0) is 16.1 Å². The smallest absolute Gasteiger partial charge is 0.261 e. The average Bonchev–Trinajstić information content (AvgIpc) is 2.74. The zero-order chi connectivity index (χ0) is 22.1. The molecule has 0 unspecified atom stereocenters. The van der Waals surface area contributed by atoms with Gasteiger partial charge in [0.25, 0.3) is 5.91 Å². The molecule has 0 aliphatic carbocycles. The molecule has 2 rings (SSSR count). The van der Waals surface area contributed by atoms with Gasteiger partial charge in [0.15, 0.2) is 6.61 Å². The third-order valence-corrected chi connectivity index (χ3v) is 5.50. The monoisotopic (exact) mass is 430 g/mol. The molecule has 1 N–H and O–H groups in total. The van der Waals surface area contributed by atoms with Crippen LogP contribution in [-0.4, -0.2) is 35.4 Å². The molecule has 0 heterocycles. The lowest BCUT2D eigenvalue weighted by atomic mass is 10.1. The standard InChI is InChI=1S/C24H31ClN2O3/c1-5-18(4)26-24(29)22(6-2)27(15-19-10-8-7-9-11-19)23(28)16-30-20-12-13-21(25)17(3)14-20/h7-14,18,22H,5-6,15-16H2,1-4H3,(H,26,29)/t18-,22+/m0/s1. The summed E-state index contributed by atoms with van der Waals surface area (Å²) in [6, 6.07) is 14.4. The molecule has 0 aliphatic heterocycles. The van der Waals surface area contributed by atoms with E-state index in [1.807, 2.05) is 58.0 Å². The molecule has 162 valence electrons. The highest BCUT2D eigenvalue weighted by Gasteiger charge is 2.29. The highest BCUT2D eigenvalue weighted by atomic mass is 35.5. The Bertz CT molecular complexity index is 842. The Labute approximate surface area is 184 Å². The summed E-state index contributed by atoms with van der Waals surface area (Å²) in [6.45, 7) is 7.96. The van der Waals surface area contributed by atoms with Gasteiger partial charge in [0.1, 0.15) is 11.8 Å². The maximum absolute atomic E-state index is 13.1. The van der Waals surface area contributed by atoms with Crippen LogP contribution in [0.1, 0.15) is 44.7 Å². The number of hydrogen-bond acceptors (Lipinski definition) is 3. The van der Waals surface area contributed by atoms with E-state index in [1.165, 1.54) is 0 Å². The third kappa shape index (κ3) is 6.77. The zero-order valence-electron chi connectivity index (χ0n) is 18.2. The number of halogens is 1. The zero-order valence-corrected chi connectivity index (χ0v) is 18.9. The minimum absolute atomic E-state index is 0.0496. The molecule has 0 spiro atoms. The van der Waals surface area contributed by atoms with Gasteiger partial charge in [-0.05, 0) is 56.0 Å². The van der Waals surface area contributed by atoms with Crippen molar-refractivity contribution in [1.29, 1.82) is 0 Å². The second-order valence-corrected chi connectivity index (χ2v) is 7.86. The van der Waals surface area contributed by atoms with Crippen LogP contribution in [0.15, 0.2) is 48.5 Å². The minimum atomic E-state index is -0.567. The van der Waals surface area contributed by atoms with Crippen molar-refractivity contribution in [3.05, 3.63) is 64.7 Å². The molecule has 0 bridgehead atoms. The summed E-state index contributed by atoms with van der Waals surface area (Å²) in [7, 11) is 0. The van der Waals surface area contributed by atoms with Crippen molar-refractivity contribution >= 4 is 23.4 Å². The first-order valence-corrected chi connectivity index (χ1v) is 10.8. The highest BCUT2D eigenvalue weighted by Crippen LogP contribution is 2.21. The second kappa shape index (κ2) is 11.6. The van der Waals surface area contributed by atoms with E-state index < -0.39 is 6.04 Å². The van der Waals surface area contributed by atoms with E-state index in [0.29, 0.717) is 23.7 Å². The second-order valence-electron chi connectivity index (χ2n) is 7.45. The normalized spacial score (nSPS) is 12.7. The van der Waals surface area contributed by atoms with Crippen LogP contribution in [0.5, 0.6) is 5.75 Å². The summed E-state index contributed by atoms with van der Waals surface area (Å²) in [6.07, 6.45) is 1.34. The van der Waals surface area contributed by atoms with E-state index in [9.17, 15) is 9.59 Å². The third-order valence-electron chi connectivity index (χ3n) is 5.07. The van der Waals surface area contributed by atoms with Gasteiger partial charge in [0, 0.05) is 17.6 Å². The van der Waals surface area contributed by atoms with Crippen LogP contribution in [0.3, 0.4) is 0 Å². The molecule has 2 amide bonds. The Balaban J connectivity index is 2.18. The van der Waals surface area contributed by atoms with Gasteiger partial charge < -0.3 is 15.0 Å². The predicted molar refractivity (Wildman–Crippen MR) is 121 cm³/mol. The van der Waals surface area contributed by atoms with Crippen LogP contribution in [0.25, 0.3) is 0 Å². The van der Waals surface area contributed by atoms with Crippen LogP contribution in [0.2, 0.25) is 5.02 Å². The summed E-state index contributed by atoms with van der Waals surface area (Å²) in [5, 5.41) is 3.65. The Kier molecular flexibility index (Phi) is 9.18. The lowest BCUT2D eigenvalue weighted by Gasteiger charge is -2.31. The summed E-state index contributed by atoms with van der Waals surface area (Å²) in [4.78, 5) is 27.6. The van der Waals surface area contributed by atoms with E-state index in [2.05, 4.69) is 5.32 Å². The first kappa shape index (κ1) is 23.7. The molecule has 0 saturated carbocycles. The fourth-order valence-corrected chi connectivity index (χ4v) is 3.19. The van der Waals surface area contributed by atoms with Gasteiger partial charge in [-0.3, -0.25) is 9.59 Å². The molecule has 0 aromatic heterocycles. The van der Waals surface area contributed by atoms with Crippen molar-refractivity contribution in [2.24, 2.45) is 0 Å². The molecular weight excluding hydrogens is 400 g/mol. The van der Waals surface area contributed by atoms with Gasteiger partial charge in [-0.1, -0.05) is 55.8 Å². The minimum Gasteiger partial charge on any atom is -0.484 e. The molecular formula is C24H31ClN2O3. The maximum Gasteiger partial charge on any atom is 0.261 e. The van der Waals surface area contributed by atoms with Gasteiger partial charge in [-0.25, -0.2) is 0 Å². The van der Waals surface area contributed by atoms with Gasteiger partial charge in [-0.15, -0.1) is 0 Å². The largest absolute Gasteiger partial charge is 0.484 e. The molecule has 2 atom stereocenters. The van der Waals surface area contributed by atoms with Crippen molar-refractivity contribution in [2.45, 2.75) is 59.2 Å². The number of nitrogens with one attached hydrogen (secondary N) is 1. The first-order valence-electron chi connectivity index (χ1n) is 10.4. The van der Waals surface area contributed by atoms with Gasteiger partial charge in [0.2, 0.25) is 5.91 Å². The van der Waals surface area contributed by atoms with Gasteiger partial charge in [-0.2, -0.15) is 0 Å². The lowest BCUT2D eigenvalue weighted by Crippen LogP contribution is -2.51. The number of nitrogens with zero attached hydrogens (tertiary/aromatic N) is 1. The quantitative estimate of drug-likeness (QED) is 0.591. The van der Waals surface area contributed by atoms with Crippen LogP contribution in [0.4, 0.5) is 0 Å². The molecule has 2 aromatic carbocycles. The fraction of sp³-hybridized carbons (Fsp3) is 0.417. The molecule has 0 saturated heterocycles. The number of rotatable bonds is 10. The first-order chi connectivity index (χ1) is 14.3. The number of ether oxygens (including phenoxy) is 1. The molecule has 6 heteroatoms. The molecule has 30 heavy (non-hydrogen) atoms. The number of carbonyl (C=O) groups excluding carboxylic acids is 2. The SMILES string of the molecule is CC[C@H](C(=O)N[C@@H](C)CC)N(Cc1ccccc1)C(=O)COc1ccc(Cl)c(C)c1. The highest BCUT2D eigenvalue weighted by molar-refractivity contribution is 6.31. The molecule has 0 fully saturated rings. The van der Waals surface area contributed by atoms with E-state index in [-0.39, 0.29) is 24.5 Å². The van der Waals surface area contributed by atoms with Crippen molar-refractivity contribution in [3.63, 3.8) is 0 Å². The van der Waals surface area contributed by atoms with Crippen LogP contribution >= 0.6 is 11.6 Å².